The molecule has 0 aliphatic heterocycles. The van der Waals surface area contributed by atoms with Crippen LogP contribution in [0.1, 0.15) is 103 Å². The second kappa shape index (κ2) is 19.5. The molecule has 1 nitrogen and oxygen atoms in total. The molecular formula is C23H40ClN. The van der Waals surface area contributed by atoms with Crippen molar-refractivity contribution < 1.29 is 17.0 Å². The van der Waals surface area contributed by atoms with Gasteiger partial charge in [-0.05, 0) is 18.9 Å². The topological polar surface area (TPSA) is 3.88 Å². The van der Waals surface area contributed by atoms with Crippen LogP contribution in [0.5, 0.6) is 0 Å². The molecule has 0 radical (unpaired) electrons. The standard InChI is InChI=1S/C23H40N.ClH/c1-2-3-4-5-6-7-8-9-10-11-12-13-14-15-16-18-21-24-22-19-17-20-23-24;/h17-23H,2-16H2,1H3;1H/q+1;/p-1. The monoisotopic (exact) mass is 365 g/mol. The van der Waals surface area contributed by atoms with Crippen LogP contribution in [0, 0.1) is 0 Å². The maximum absolute atomic E-state index is 2.29. The highest BCUT2D eigenvalue weighted by atomic mass is 35.5. The van der Waals surface area contributed by atoms with Crippen molar-refractivity contribution in [1.29, 1.82) is 0 Å². The summed E-state index contributed by atoms with van der Waals surface area (Å²) >= 11 is 0. The fourth-order valence-electron chi connectivity index (χ4n) is 3.16. The average molecular weight is 366 g/mol. The summed E-state index contributed by atoms with van der Waals surface area (Å²) in [5, 5.41) is 0. The number of halogens is 1. The van der Waals surface area contributed by atoms with Gasteiger partial charge in [0.15, 0.2) is 18.6 Å². The zero-order valence-electron chi connectivity index (χ0n) is 16.5. The summed E-state index contributed by atoms with van der Waals surface area (Å²) in [7, 11) is 0. The van der Waals surface area contributed by atoms with E-state index >= 15 is 0 Å². The highest BCUT2D eigenvalue weighted by molar-refractivity contribution is 5.06. The number of pyridine rings is 1. The van der Waals surface area contributed by atoms with Crippen LogP contribution in [0.15, 0.2) is 36.7 Å². The minimum absolute atomic E-state index is 0. The maximum atomic E-state index is 2.29. The Labute approximate surface area is 163 Å². The molecule has 0 saturated carbocycles. The van der Waals surface area contributed by atoms with E-state index in [1.165, 1.54) is 96.3 Å². The molecule has 0 amide bonds. The van der Waals surface area contributed by atoms with Crippen LogP contribution in [-0.4, -0.2) is 0 Å². The molecule has 144 valence electrons. The smallest absolute Gasteiger partial charge is 0.174 e. The lowest BCUT2D eigenvalue weighted by atomic mass is 10.0. The minimum atomic E-state index is 0. The van der Waals surface area contributed by atoms with Gasteiger partial charge in [0.2, 0.25) is 0 Å². The lowest BCUT2D eigenvalue weighted by molar-refractivity contribution is -0.568. The van der Waals surface area contributed by atoms with Crippen molar-refractivity contribution in [2.24, 2.45) is 0 Å². The third kappa shape index (κ3) is 16.4. The van der Waals surface area contributed by atoms with Crippen molar-refractivity contribution in [3.63, 3.8) is 0 Å². The van der Waals surface area contributed by atoms with E-state index in [1.807, 2.05) is 0 Å². The van der Waals surface area contributed by atoms with Crippen LogP contribution >= 0.6 is 0 Å². The molecule has 0 aromatic carbocycles. The summed E-state index contributed by atoms with van der Waals surface area (Å²) in [6, 6.07) is 6.19. The van der Waals surface area contributed by atoms with E-state index in [9.17, 15) is 0 Å². The Morgan fingerprint density at radius 3 is 1.52 bits per heavy atom. The fraction of sp³-hybridized carbons (Fsp3) is 0.696. The largest absolute Gasteiger partial charge is 1.00 e. The van der Waals surface area contributed by atoms with Gasteiger partial charge >= 0.3 is 0 Å². The molecule has 0 bridgehead atoms. The molecule has 2 heteroatoms. The van der Waals surface area contributed by atoms with Crippen molar-refractivity contribution in [3.05, 3.63) is 36.7 Å². The van der Waals surface area contributed by atoms with E-state index in [-0.39, 0.29) is 12.4 Å². The van der Waals surface area contributed by atoms with E-state index in [0.29, 0.717) is 0 Å². The van der Waals surface area contributed by atoms with E-state index in [1.54, 1.807) is 0 Å². The molecule has 0 saturated heterocycles. The van der Waals surface area contributed by atoms with Gasteiger partial charge in [0.05, 0.1) is 0 Å². The Morgan fingerprint density at radius 2 is 1.04 bits per heavy atom. The minimum Gasteiger partial charge on any atom is -1.00 e. The normalized spacial score (nSPS) is 10.9. The number of unbranched alkanes of at least 4 members (excludes halogenated alkanes) is 14. The Morgan fingerprint density at radius 1 is 0.600 bits per heavy atom. The molecule has 0 N–H and O–H groups in total. The molecule has 0 aliphatic rings. The molecule has 0 unspecified atom stereocenters. The number of allylic oxidation sites excluding steroid dienone is 1. The van der Waals surface area contributed by atoms with Crippen LogP contribution in [-0.2, 0) is 0 Å². The molecule has 1 rings (SSSR count). The van der Waals surface area contributed by atoms with Crippen molar-refractivity contribution >= 4 is 6.20 Å². The third-order valence-corrected chi connectivity index (χ3v) is 4.74. The number of hydrogen-bond donors (Lipinski definition) is 0. The van der Waals surface area contributed by atoms with Crippen molar-refractivity contribution in [2.75, 3.05) is 0 Å². The van der Waals surface area contributed by atoms with Crippen LogP contribution in [0.4, 0.5) is 0 Å². The predicted molar refractivity (Wildman–Crippen MR) is 107 cm³/mol. The van der Waals surface area contributed by atoms with E-state index < -0.39 is 0 Å². The first-order chi connectivity index (χ1) is 11.9. The van der Waals surface area contributed by atoms with Gasteiger partial charge in [-0.25, -0.2) is 0 Å². The number of aromatic nitrogens is 1. The molecule has 1 aromatic rings. The van der Waals surface area contributed by atoms with Crippen LogP contribution in [0.3, 0.4) is 0 Å². The Hall–Kier alpha value is -0.820. The lowest BCUT2D eigenvalue weighted by Gasteiger charge is -2.02. The lowest BCUT2D eigenvalue weighted by Crippen LogP contribution is -3.00. The fourth-order valence-corrected chi connectivity index (χ4v) is 3.16. The number of nitrogens with zero attached hydrogens (tertiary/aromatic N) is 1. The van der Waals surface area contributed by atoms with Gasteiger partial charge in [0.25, 0.3) is 0 Å². The third-order valence-electron chi connectivity index (χ3n) is 4.74. The van der Waals surface area contributed by atoms with Gasteiger partial charge in [0.1, 0.15) is 0 Å². The summed E-state index contributed by atoms with van der Waals surface area (Å²) in [6.45, 7) is 2.29. The molecule has 0 spiro atoms. The van der Waals surface area contributed by atoms with Crippen LogP contribution < -0.4 is 17.0 Å². The van der Waals surface area contributed by atoms with E-state index in [2.05, 4.69) is 54.4 Å². The highest BCUT2D eigenvalue weighted by Crippen LogP contribution is 2.13. The first-order valence-corrected chi connectivity index (χ1v) is 10.6. The molecule has 1 heterocycles. The number of hydrogen-bond acceptors (Lipinski definition) is 0. The zero-order chi connectivity index (χ0) is 17.1. The summed E-state index contributed by atoms with van der Waals surface area (Å²) < 4.78 is 2.11. The second-order valence-corrected chi connectivity index (χ2v) is 7.09. The van der Waals surface area contributed by atoms with Gasteiger partial charge in [-0.2, -0.15) is 4.57 Å². The van der Waals surface area contributed by atoms with Crippen LogP contribution in [0.25, 0.3) is 6.20 Å². The molecular weight excluding hydrogens is 326 g/mol. The Balaban J connectivity index is 0.00000576. The van der Waals surface area contributed by atoms with E-state index in [4.69, 9.17) is 0 Å². The van der Waals surface area contributed by atoms with Gasteiger partial charge in [-0.3, -0.25) is 0 Å². The quantitative estimate of drug-likeness (QED) is 0.303. The summed E-state index contributed by atoms with van der Waals surface area (Å²) in [4.78, 5) is 0. The Bertz CT molecular complexity index is 388. The van der Waals surface area contributed by atoms with Gasteiger partial charge in [-0.1, -0.05) is 96.5 Å². The van der Waals surface area contributed by atoms with Crippen molar-refractivity contribution in [2.45, 2.75) is 103 Å². The predicted octanol–water partition coefficient (Wildman–Crippen LogP) is 4.32. The van der Waals surface area contributed by atoms with Gasteiger partial charge < -0.3 is 12.4 Å². The number of rotatable bonds is 16. The second-order valence-electron chi connectivity index (χ2n) is 7.09. The molecule has 1 aromatic heterocycles. The summed E-state index contributed by atoms with van der Waals surface area (Å²) in [5.41, 5.74) is 0. The van der Waals surface area contributed by atoms with E-state index in [0.717, 1.165) is 0 Å². The van der Waals surface area contributed by atoms with Crippen LogP contribution in [0.2, 0.25) is 0 Å². The maximum Gasteiger partial charge on any atom is 0.174 e. The van der Waals surface area contributed by atoms with Gasteiger partial charge in [0, 0.05) is 12.1 Å². The van der Waals surface area contributed by atoms with Crippen molar-refractivity contribution in [1.82, 2.24) is 0 Å². The SMILES string of the molecule is CCCCCCCCCCCCCCCCC=C[n+]1ccccc1.[Cl-]. The summed E-state index contributed by atoms with van der Waals surface area (Å²) in [5.74, 6) is 0. The molecule has 0 aliphatic carbocycles. The van der Waals surface area contributed by atoms with Gasteiger partial charge in [-0.15, -0.1) is 0 Å². The Kier molecular flexibility index (Phi) is 18.9. The zero-order valence-corrected chi connectivity index (χ0v) is 17.2. The average Bonchev–Trinajstić information content (AvgIpc) is 2.62. The molecule has 0 fully saturated rings. The molecule has 25 heavy (non-hydrogen) atoms. The first-order valence-electron chi connectivity index (χ1n) is 10.6. The van der Waals surface area contributed by atoms with Crippen molar-refractivity contribution in [3.8, 4) is 0 Å². The first kappa shape index (κ1) is 24.2. The summed E-state index contributed by atoms with van der Waals surface area (Å²) in [6.07, 6.45) is 29.9. The highest BCUT2D eigenvalue weighted by Gasteiger charge is 1.94. The molecule has 0 atom stereocenters.